The van der Waals surface area contributed by atoms with Gasteiger partial charge in [0.2, 0.25) is 0 Å². The van der Waals surface area contributed by atoms with Crippen LogP contribution in [0.1, 0.15) is 26.8 Å². The lowest BCUT2D eigenvalue weighted by atomic mass is 10.0. The van der Waals surface area contributed by atoms with Gasteiger partial charge in [0.15, 0.2) is 0 Å². The van der Waals surface area contributed by atoms with Gasteiger partial charge in [0, 0.05) is 17.3 Å². The predicted octanol–water partition coefficient (Wildman–Crippen LogP) is 4.46. The molecular formula is C17H12ClFN2OS. The molecule has 3 aromatic rings. The number of halogens is 2. The summed E-state index contributed by atoms with van der Waals surface area (Å²) < 4.78 is 13.2. The zero-order valence-electron chi connectivity index (χ0n) is 11.9. The highest BCUT2D eigenvalue weighted by atomic mass is 35.5. The third-order valence-electron chi connectivity index (χ3n) is 3.32. The molecule has 0 saturated carbocycles. The second-order valence-corrected chi connectivity index (χ2v) is 6.22. The van der Waals surface area contributed by atoms with E-state index in [-0.39, 0.29) is 22.8 Å². The molecule has 1 aromatic carbocycles. The van der Waals surface area contributed by atoms with Crippen LogP contribution in [0.4, 0.5) is 4.39 Å². The van der Waals surface area contributed by atoms with Crippen molar-refractivity contribution in [2.75, 3.05) is 0 Å². The number of pyridine rings is 1. The molecule has 6 heteroatoms. The zero-order chi connectivity index (χ0) is 16.2. The second-order valence-electron chi connectivity index (χ2n) is 4.83. The molecular weight excluding hydrogens is 335 g/mol. The minimum atomic E-state index is -0.368. The molecule has 0 bridgehead atoms. The molecule has 1 amide bonds. The van der Waals surface area contributed by atoms with Gasteiger partial charge < -0.3 is 5.32 Å². The number of benzene rings is 1. The van der Waals surface area contributed by atoms with Crippen molar-refractivity contribution in [2.24, 2.45) is 0 Å². The van der Waals surface area contributed by atoms with Crippen LogP contribution in [0.15, 0.2) is 60.2 Å². The van der Waals surface area contributed by atoms with E-state index in [2.05, 4.69) is 10.3 Å². The third kappa shape index (κ3) is 3.57. The molecule has 116 valence electrons. The van der Waals surface area contributed by atoms with Gasteiger partial charge in [0.25, 0.3) is 5.91 Å². The van der Waals surface area contributed by atoms with Gasteiger partial charge in [-0.2, -0.15) is 0 Å². The Bertz CT molecular complexity index is 806. The van der Waals surface area contributed by atoms with Crippen molar-refractivity contribution < 1.29 is 9.18 Å². The van der Waals surface area contributed by atoms with Gasteiger partial charge >= 0.3 is 0 Å². The molecule has 23 heavy (non-hydrogen) atoms. The average Bonchev–Trinajstić information content (AvgIpc) is 3.08. The van der Waals surface area contributed by atoms with Gasteiger partial charge in [0.05, 0.1) is 16.6 Å². The molecule has 0 aliphatic rings. The smallest absolute Gasteiger partial charge is 0.253 e. The minimum Gasteiger partial charge on any atom is -0.340 e. The van der Waals surface area contributed by atoms with Crippen LogP contribution in [0.3, 0.4) is 0 Å². The number of nitrogens with zero attached hydrogens (tertiary/aromatic N) is 1. The highest BCUT2D eigenvalue weighted by molar-refractivity contribution is 7.10. The lowest BCUT2D eigenvalue weighted by Gasteiger charge is -2.18. The van der Waals surface area contributed by atoms with Gasteiger partial charge in [-0.15, -0.1) is 11.3 Å². The Morgan fingerprint density at radius 3 is 2.65 bits per heavy atom. The maximum Gasteiger partial charge on any atom is 0.253 e. The molecule has 1 N–H and O–H groups in total. The maximum absolute atomic E-state index is 13.2. The van der Waals surface area contributed by atoms with Crippen molar-refractivity contribution >= 4 is 28.8 Å². The number of carbonyl (C=O) groups excluding carboxylic acids is 1. The van der Waals surface area contributed by atoms with Crippen molar-refractivity contribution in [2.45, 2.75) is 6.04 Å². The highest BCUT2D eigenvalue weighted by Crippen LogP contribution is 2.27. The summed E-state index contributed by atoms with van der Waals surface area (Å²) in [6.45, 7) is 0. The van der Waals surface area contributed by atoms with Gasteiger partial charge in [-0.05, 0) is 35.2 Å². The molecule has 0 aliphatic heterocycles. The third-order valence-corrected chi connectivity index (χ3v) is 4.56. The maximum atomic E-state index is 13.2. The molecule has 3 nitrogen and oxygen atoms in total. The van der Waals surface area contributed by atoms with Gasteiger partial charge in [-0.25, -0.2) is 4.39 Å². The molecule has 0 saturated heterocycles. The van der Waals surface area contributed by atoms with Gasteiger partial charge in [0.1, 0.15) is 5.82 Å². The van der Waals surface area contributed by atoms with Crippen LogP contribution >= 0.6 is 22.9 Å². The Hall–Kier alpha value is -2.24. The Morgan fingerprint density at radius 2 is 2.00 bits per heavy atom. The normalized spacial score (nSPS) is 11.9. The van der Waals surface area contributed by atoms with E-state index in [1.807, 2.05) is 17.5 Å². The topological polar surface area (TPSA) is 42.0 Å². The molecule has 0 radical (unpaired) electrons. The Balaban J connectivity index is 1.92. The molecule has 2 aromatic heterocycles. The number of thiophene rings is 1. The first-order valence-electron chi connectivity index (χ1n) is 6.84. The van der Waals surface area contributed by atoms with E-state index in [1.54, 1.807) is 18.2 Å². The molecule has 1 atom stereocenters. The van der Waals surface area contributed by atoms with Crippen LogP contribution in [0, 0.1) is 5.82 Å². The first-order valence-corrected chi connectivity index (χ1v) is 8.10. The fourth-order valence-corrected chi connectivity index (χ4v) is 3.21. The Labute approximate surface area is 141 Å². The summed E-state index contributed by atoms with van der Waals surface area (Å²) in [4.78, 5) is 17.3. The molecule has 3 rings (SSSR count). The standard InChI is InChI=1S/C17H12ClFN2OS/c18-14-10-20-8-7-13(14)17(22)21-16(15-2-1-9-23-15)11-3-5-12(19)6-4-11/h1-10,16H,(H,21,22). The SMILES string of the molecule is O=C(NC(c1ccc(F)cc1)c1cccs1)c1ccncc1Cl. The number of nitrogens with one attached hydrogen (secondary N) is 1. The summed E-state index contributed by atoms with van der Waals surface area (Å²) in [5, 5.41) is 5.16. The van der Waals surface area contributed by atoms with E-state index in [0.29, 0.717) is 5.56 Å². The van der Waals surface area contributed by atoms with Crippen LogP contribution in [0.5, 0.6) is 0 Å². The molecule has 0 spiro atoms. The lowest BCUT2D eigenvalue weighted by Crippen LogP contribution is -2.29. The van der Waals surface area contributed by atoms with E-state index >= 15 is 0 Å². The van der Waals surface area contributed by atoms with Crippen molar-refractivity contribution in [3.05, 3.63) is 87.1 Å². The first-order chi connectivity index (χ1) is 11.1. The summed E-state index contributed by atoms with van der Waals surface area (Å²) in [5.74, 6) is -0.623. The van der Waals surface area contributed by atoms with E-state index in [0.717, 1.165) is 10.4 Å². The van der Waals surface area contributed by atoms with Crippen LogP contribution in [-0.4, -0.2) is 10.9 Å². The summed E-state index contributed by atoms with van der Waals surface area (Å²) in [7, 11) is 0. The summed E-state index contributed by atoms with van der Waals surface area (Å²) in [5.41, 5.74) is 1.15. The molecule has 1 unspecified atom stereocenters. The fraction of sp³-hybridized carbons (Fsp3) is 0.0588. The van der Waals surface area contributed by atoms with E-state index < -0.39 is 0 Å². The zero-order valence-corrected chi connectivity index (χ0v) is 13.4. The summed E-state index contributed by atoms with van der Waals surface area (Å²) in [6, 6.07) is 11.1. The molecule has 0 fully saturated rings. The number of hydrogen-bond donors (Lipinski definition) is 1. The first kappa shape index (κ1) is 15.6. The van der Waals surface area contributed by atoms with Crippen molar-refractivity contribution in [3.63, 3.8) is 0 Å². The lowest BCUT2D eigenvalue weighted by molar-refractivity contribution is 0.0943. The summed E-state index contributed by atoms with van der Waals surface area (Å²) in [6.07, 6.45) is 2.94. The van der Waals surface area contributed by atoms with Crippen LogP contribution < -0.4 is 5.32 Å². The number of rotatable bonds is 4. The highest BCUT2D eigenvalue weighted by Gasteiger charge is 2.20. The largest absolute Gasteiger partial charge is 0.340 e. The quantitative estimate of drug-likeness (QED) is 0.758. The van der Waals surface area contributed by atoms with Gasteiger partial charge in [-0.3, -0.25) is 9.78 Å². The average molecular weight is 347 g/mol. The van der Waals surface area contributed by atoms with E-state index in [4.69, 9.17) is 11.6 Å². The van der Waals surface area contributed by atoms with Crippen molar-refractivity contribution in [3.8, 4) is 0 Å². The van der Waals surface area contributed by atoms with Crippen LogP contribution in [0.25, 0.3) is 0 Å². The van der Waals surface area contributed by atoms with Gasteiger partial charge in [-0.1, -0.05) is 29.8 Å². The van der Waals surface area contributed by atoms with Crippen molar-refractivity contribution in [1.29, 1.82) is 0 Å². The minimum absolute atomic E-state index is 0.286. The van der Waals surface area contributed by atoms with E-state index in [1.165, 1.54) is 35.9 Å². The number of aromatic nitrogens is 1. The van der Waals surface area contributed by atoms with E-state index in [9.17, 15) is 9.18 Å². The monoisotopic (exact) mass is 346 g/mol. The number of hydrogen-bond acceptors (Lipinski definition) is 3. The summed E-state index contributed by atoms with van der Waals surface area (Å²) >= 11 is 7.54. The van der Waals surface area contributed by atoms with Crippen LogP contribution in [0.2, 0.25) is 5.02 Å². The Morgan fingerprint density at radius 1 is 1.22 bits per heavy atom. The molecule has 2 heterocycles. The fourth-order valence-electron chi connectivity index (χ4n) is 2.20. The predicted molar refractivity (Wildman–Crippen MR) is 89.3 cm³/mol. The van der Waals surface area contributed by atoms with Crippen molar-refractivity contribution in [1.82, 2.24) is 10.3 Å². The molecule has 0 aliphatic carbocycles. The van der Waals surface area contributed by atoms with Crippen LogP contribution in [-0.2, 0) is 0 Å². The number of amides is 1. The number of carbonyl (C=O) groups is 1. The second kappa shape index (κ2) is 6.89. The Kier molecular flexibility index (Phi) is 4.69.